The van der Waals surface area contributed by atoms with E-state index >= 15 is 0 Å². The predicted molar refractivity (Wildman–Crippen MR) is 141 cm³/mol. The average molecular weight is 513 g/mol. The summed E-state index contributed by atoms with van der Waals surface area (Å²) in [6.45, 7) is 4.17. The van der Waals surface area contributed by atoms with Crippen LogP contribution >= 0.6 is 23.2 Å². The van der Waals surface area contributed by atoms with Crippen LogP contribution in [0.3, 0.4) is 0 Å². The maximum absolute atomic E-state index is 13.6. The summed E-state index contributed by atoms with van der Waals surface area (Å²) in [6.07, 6.45) is 8.20. The van der Waals surface area contributed by atoms with Crippen LogP contribution in [0.5, 0.6) is 17.2 Å². The number of benzene rings is 2. The SMILES string of the molecule is COc1ccc(Oc2c(Cl)cc(NC(=O)C3(c4cccnc4)CCCCC3)cc2Cl)cc1C(C)C. The molecule has 7 heteroatoms. The molecule has 3 aromatic rings. The molecule has 1 saturated carbocycles. The second-order valence-electron chi connectivity index (χ2n) is 9.27. The molecule has 0 aliphatic heterocycles. The van der Waals surface area contributed by atoms with Crippen LogP contribution in [0, 0.1) is 0 Å². The maximum Gasteiger partial charge on any atom is 0.235 e. The van der Waals surface area contributed by atoms with Gasteiger partial charge in [-0.25, -0.2) is 0 Å². The van der Waals surface area contributed by atoms with Crippen molar-refractivity contribution >= 4 is 34.8 Å². The Morgan fingerprint density at radius 2 is 1.77 bits per heavy atom. The van der Waals surface area contributed by atoms with Crippen molar-refractivity contribution in [1.82, 2.24) is 4.98 Å². The van der Waals surface area contributed by atoms with E-state index in [4.69, 9.17) is 32.7 Å². The molecule has 1 heterocycles. The molecular weight excluding hydrogens is 483 g/mol. The standard InChI is InChI=1S/C28H30Cl2N2O3/c1-18(2)22-16-21(9-10-25(22)34-3)35-26-23(29)14-20(15-24(26)30)32-27(33)28(11-5-4-6-12-28)19-8-7-13-31-17-19/h7-10,13-18H,4-6,11-12H2,1-3H3,(H,32,33). The third-order valence-electron chi connectivity index (χ3n) is 6.66. The van der Waals surface area contributed by atoms with Gasteiger partial charge >= 0.3 is 0 Å². The summed E-state index contributed by atoms with van der Waals surface area (Å²) in [6, 6.07) is 12.8. The molecule has 0 atom stereocenters. The Hall–Kier alpha value is -2.76. The lowest BCUT2D eigenvalue weighted by atomic mass is 9.69. The van der Waals surface area contributed by atoms with Gasteiger partial charge in [-0.05, 0) is 60.7 Å². The molecule has 1 aromatic heterocycles. The molecule has 5 nitrogen and oxygen atoms in total. The third kappa shape index (κ3) is 5.41. The number of nitrogens with zero attached hydrogens (tertiary/aromatic N) is 1. The fourth-order valence-corrected chi connectivity index (χ4v) is 5.34. The summed E-state index contributed by atoms with van der Waals surface area (Å²) in [4.78, 5) is 17.8. The summed E-state index contributed by atoms with van der Waals surface area (Å²) in [7, 11) is 1.65. The number of anilines is 1. The molecule has 35 heavy (non-hydrogen) atoms. The molecule has 0 spiro atoms. The first-order valence-corrected chi connectivity index (χ1v) is 12.7. The van der Waals surface area contributed by atoms with Gasteiger partial charge in [0.15, 0.2) is 5.75 Å². The summed E-state index contributed by atoms with van der Waals surface area (Å²) >= 11 is 13.1. The average Bonchev–Trinajstić information content (AvgIpc) is 2.87. The molecule has 184 valence electrons. The fraction of sp³-hybridized carbons (Fsp3) is 0.357. The van der Waals surface area contributed by atoms with Gasteiger partial charge in [0.2, 0.25) is 5.91 Å². The molecule has 0 bridgehead atoms. The summed E-state index contributed by atoms with van der Waals surface area (Å²) < 4.78 is 11.5. The van der Waals surface area contributed by atoms with Gasteiger partial charge in [-0.1, -0.05) is 62.4 Å². The van der Waals surface area contributed by atoms with Gasteiger partial charge < -0.3 is 14.8 Å². The van der Waals surface area contributed by atoms with Gasteiger partial charge in [0.05, 0.1) is 22.6 Å². The quantitative estimate of drug-likeness (QED) is 0.346. The molecular formula is C28H30Cl2N2O3. The lowest BCUT2D eigenvalue weighted by Gasteiger charge is -2.36. The van der Waals surface area contributed by atoms with Gasteiger partial charge in [-0.3, -0.25) is 9.78 Å². The zero-order valence-corrected chi connectivity index (χ0v) is 21.7. The number of methoxy groups -OCH3 is 1. The summed E-state index contributed by atoms with van der Waals surface area (Å²) in [5.41, 5.74) is 1.88. The second-order valence-corrected chi connectivity index (χ2v) is 10.1. The first-order chi connectivity index (χ1) is 16.8. The van der Waals surface area contributed by atoms with Crippen molar-refractivity contribution < 1.29 is 14.3 Å². The summed E-state index contributed by atoms with van der Waals surface area (Å²) in [5.74, 6) is 1.93. The van der Waals surface area contributed by atoms with Crippen LogP contribution in [0.1, 0.15) is 63.0 Å². The number of pyridine rings is 1. The van der Waals surface area contributed by atoms with Crippen LogP contribution in [0.25, 0.3) is 0 Å². The molecule has 2 aromatic carbocycles. The molecule has 1 fully saturated rings. The van der Waals surface area contributed by atoms with E-state index in [1.807, 2.05) is 30.3 Å². The minimum atomic E-state index is -0.614. The minimum Gasteiger partial charge on any atom is -0.496 e. The van der Waals surface area contributed by atoms with E-state index in [-0.39, 0.29) is 11.8 Å². The zero-order valence-electron chi connectivity index (χ0n) is 20.2. The van der Waals surface area contributed by atoms with E-state index in [1.54, 1.807) is 31.6 Å². The molecule has 1 N–H and O–H groups in total. The molecule has 1 aliphatic carbocycles. The van der Waals surface area contributed by atoms with Crippen LogP contribution in [-0.2, 0) is 10.2 Å². The van der Waals surface area contributed by atoms with E-state index < -0.39 is 5.41 Å². The highest BCUT2D eigenvalue weighted by atomic mass is 35.5. The van der Waals surface area contributed by atoms with E-state index in [2.05, 4.69) is 24.1 Å². The van der Waals surface area contributed by atoms with Crippen LogP contribution in [0.4, 0.5) is 5.69 Å². The smallest absolute Gasteiger partial charge is 0.235 e. The van der Waals surface area contributed by atoms with Gasteiger partial charge in [0.25, 0.3) is 0 Å². The van der Waals surface area contributed by atoms with E-state index in [0.29, 0.717) is 27.2 Å². The first kappa shape index (κ1) is 25.3. The van der Waals surface area contributed by atoms with Crippen molar-refractivity contribution in [2.24, 2.45) is 0 Å². The number of hydrogen-bond acceptors (Lipinski definition) is 4. The minimum absolute atomic E-state index is 0.0669. The van der Waals surface area contributed by atoms with Crippen LogP contribution < -0.4 is 14.8 Å². The number of aromatic nitrogens is 1. The number of carbonyl (C=O) groups excluding carboxylic acids is 1. The van der Waals surface area contributed by atoms with Crippen molar-refractivity contribution in [3.8, 4) is 17.2 Å². The van der Waals surface area contributed by atoms with Gasteiger partial charge in [0, 0.05) is 23.6 Å². The van der Waals surface area contributed by atoms with Crippen LogP contribution in [-0.4, -0.2) is 18.0 Å². The molecule has 0 radical (unpaired) electrons. The largest absolute Gasteiger partial charge is 0.496 e. The monoisotopic (exact) mass is 512 g/mol. The lowest BCUT2D eigenvalue weighted by Crippen LogP contribution is -2.42. The summed E-state index contributed by atoms with van der Waals surface area (Å²) in [5, 5.41) is 3.68. The maximum atomic E-state index is 13.6. The Morgan fingerprint density at radius 1 is 1.06 bits per heavy atom. The number of rotatable bonds is 7. The number of nitrogens with one attached hydrogen (secondary N) is 1. The highest BCUT2D eigenvalue weighted by Crippen LogP contribution is 2.43. The molecule has 1 aliphatic rings. The van der Waals surface area contributed by atoms with Crippen molar-refractivity contribution in [3.63, 3.8) is 0 Å². The molecule has 1 amide bonds. The third-order valence-corrected chi connectivity index (χ3v) is 7.22. The normalized spacial score (nSPS) is 15.0. The Balaban J connectivity index is 1.58. The van der Waals surface area contributed by atoms with E-state index in [9.17, 15) is 4.79 Å². The number of hydrogen-bond donors (Lipinski definition) is 1. The first-order valence-electron chi connectivity index (χ1n) is 11.9. The van der Waals surface area contributed by atoms with Crippen molar-refractivity contribution in [3.05, 3.63) is 76.0 Å². The second kappa shape index (κ2) is 10.9. The topological polar surface area (TPSA) is 60.5 Å². The highest BCUT2D eigenvalue weighted by Gasteiger charge is 2.41. The van der Waals surface area contributed by atoms with Crippen molar-refractivity contribution in [1.29, 1.82) is 0 Å². The Labute approximate surface area is 216 Å². The molecule has 4 rings (SSSR count). The van der Waals surface area contributed by atoms with Crippen LogP contribution in [0.15, 0.2) is 54.9 Å². The number of amides is 1. The Kier molecular flexibility index (Phi) is 7.88. The van der Waals surface area contributed by atoms with Crippen molar-refractivity contribution in [2.45, 2.75) is 57.3 Å². The highest BCUT2D eigenvalue weighted by molar-refractivity contribution is 6.37. The number of ether oxygens (including phenoxy) is 2. The Bertz CT molecular complexity index is 1170. The fourth-order valence-electron chi connectivity index (χ4n) is 4.77. The van der Waals surface area contributed by atoms with Crippen molar-refractivity contribution in [2.75, 3.05) is 12.4 Å². The van der Waals surface area contributed by atoms with Gasteiger partial charge in [0.1, 0.15) is 11.5 Å². The number of carbonyl (C=O) groups is 1. The van der Waals surface area contributed by atoms with Gasteiger partial charge in [-0.15, -0.1) is 0 Å². The van der Waals surface area contributed by atoms with E-state index in [1.165, 1.54) is 0 Å². The Morgan fingerprint density at radius 3 is 2.37 bits per heavy atom. The zero-order chi connectivity index (χ0) is 25.0. The number of halogens is 2. The molecule has 0 unspecified atom stereocenters. The van der Waals surface area contributed by atoms with Crippen LogP contribution in [0.2, 0.25) is 10.0 Å². The predicted octanol–water partition coefficient (Wildman–Crippen LogP) is 8.15. The van der Waals surface area contributed by atoms with Gasteiger partial charge in [-0.2, -0.15) is 0 Å². The molecule has 0 saturated heterocycles. The lowest BCUT2D eigenvalue weighted by molar-refractivity contribution is -0.122. The van der Waals surface area contributed by atoms with E-state index in [0.717, 1.165) is 49.0 Å².